The first kappa shape index (κ1) is 19.7. The summed E-state index contributed by atoms with van der Waals surface area (Å²) in [5, 5.41) is 8.03. The number of thiazole rings is 1. The number of benzene rings is 1. The van der Waals surface area contributed by atoms with Crippen LogP contribution in [-0.4, -0.2) is 31.1 Å². The van der Waals surface area contributed by atoms with E-state index in [2.05, 4.69) is 45.7 Å². The first-order chi connectivity index (χ1) is 12.8. The van der Waals surface area contributed by atoms with Gasteiger partial charge in [-0.1, -0.05) is 24.3 Å². The topological polar surface area (TPSA) is 49.3 Å². The largest absolute Gasteiger partial charge is 0.434 e. The van der Waals surface area contributed by atoms with E-state index in [1.54, 1.807) is 7.05 Å². The van der Waals surface area contributed by atoms with Gasteiger partial charge in [0, 0.05) is 37.4 Å². The number of hydrogen-bond acceptors (Lipinski definition) is 3. The van der Waals surface area contributed by atoms with Gasteiger partial charge < -0.3 is 10.6 Å². The highest BCUT2D eigenvalue weighted by Gasteiger charge is 2.44. The van der Waals surface area contributed by atoms with E-state index in [1.165, 1.54) is 11.1 Å². The van der Waals surface area contributed by atoms with E-state index >= 15 is 0 Å². The molecule has 0 aliphatic heterocycles. The van der Waals surface area contributed by atoms with E-state index in [4.69, 9.17) is 0 Å². The molecule has 0 amide bonds. The molecule has 1 saturated carbocycles. The maximum Gasteiger partial charge on any atom is 0.434 e. The molecular formula is C19H23F3N4S. The Hall–Kier alpha value is -2.09. The molecular weight excluding hydrogens is 373 g/mol. The van der Waals surface area contributed by atoms with Crippen LogP contribution in [0.3, 0.4) is 0 Å². The molecule has 0 spiro atoms. The van der Waals surface area contributed by atoms with E-state index < -0.39 is 11.9 Å². The molecule has 1 heterocycles. The zero-order valence-corrected chi connectivity index (χ0v) is 16.2. The van der Waals surface area contributed by atoms with Crippen molar-refractivity contribution in [1.82, 2.24) is 15.6 Å². The zero-order valence-electron chi connectivity index (χ0n) is 15.4. The average Bonchev–Trinajstić information content (AvgIpc) is 3.25. The molecule has 1 aliphatic carbocycles. The van der Waals surface area contributed by atoms with Gasteiger partial charge in [-0.3, -0.25) is 4.99 Å². The Balaban J connectivity index is 1.49. The SMILES string of the molecule is CN=C(NCCc1nc(C(F)(F)F)cs1)NCC1(c2ccccc2C)CC1. The fourth-order valence-electron chi connectivity index (χ4n) is 3.18. The summed E-state index contributed by atoms with van der Waals surface area (Å²) in [5.74, 6) is 0.655. The summed E-state index contributed by atoms with van der Waals surface area (Å²) in [4.78, 5) is 7.85. The molecule has 0 bridgehead atoms. The van der Waals surface area contributed by atoms with Crippen molar-refractivity contribution in [1.29, 1.82) is 0 Å². The van der Waals surface area contributed by atoms with Crippen LogP contribution >= 0.6 is 11.3 Å². The molecule has 2 aromatic rings. The summed E-state index contributed by atoms with van der Waals surface area (Å²) in [6, 6.07) is 8.43. The van der Waals surface area contributed by atoms with Crippen molar-refractivity contribution in [2.24, 2.45) is 4.99 Å². The van der Waals surface area contributed by atoms with Gasteiger partial charge in [0.05, 0.1) is 5.01 Å². The van der Waals surface area contributed by atoms with Crippen LogP contribution in [0.25, 0.3) is 0 Å². The summed E-state index contributed by atoms with van der Waals surface area (Å²) >= 11 is 1.03. The molecule has 8 heteroatoms. The molecule has 0 saturated heterocycles. The van der Waals surface area contributed by atoms with Crippen molar-refractivity contribution in [3.63, 3.8) is 0 Å². The lowest BCUT2D eigenvalue weighted by atomic mass is 9.92. The summed E-state index contributed by atoms with van der Waals surface area (Å²) in [6.07, 6.45) is -1.68. The minimum absolute atomic E-state index is 0.153. The lowest BCUT2D eigenvalue weighted by molar-refractivity contribution is -0.140. The van der Waals surface area contributed by atoms with Gasteiger partial charge in [-0.25, -0.2) is 4.98 Å². The lowest BCUT2D eigenvalue weighted by Gasteiger charge is -2.20. The second-order valence-corrected chi connectivity index (χ2v) is 7.76. The van der Waals surface area contributed by atoms with Crippen LogP contribution in [0.5, 0.6) is 0 Å². The highest BCUT2D eigenvalue weighted by atomic mass is 32.1. The van der Waals surface area contributed by atoms with Crippen molar-refractivity contribution in [3.8, 4) is 0 Å². The highest BCUT2D eigenvalue weighted by molar-refractivity contribution is 7.09. The number of rotatable bonds is 6. The van der Waals surface area contributed by atoms with Gasteiger partial charge in [0.25, 0.3) is 0 Å². The number of nitrogens with one attached hydrogen (secondary N) is 2. The van der Waals surface area contributed by atoms with Crippen LogP contribution in [0, 0.1) is 6.92 Å². The van der Waals surface area contributed by atoms with Gasteiger partial charge in [-0.2, -0.15) is 13.2 Å². The van der Waals surface area contributed by atoms with E-state index in [9.17, 15) is 13.2 Å². The monoisotopic (exact) mass is 396 g/mol. The Morgan fingerprint density at radius 1 is 1.26 bits per heavy atom. The Labute approximate surface area is 160 Å². The number of aromatic nitrogens is 1. The van der Waals surface area contributed by atoms with Gasteiger partial charge in [-0.15, -0.1) is 11.3 Å². The molecule has 146 valence electrons. The Kier molecular flexibility index (Phi) is 5.74. The molecule has 4 nitrogen and oxygen atoms in total. The normalized spacial score (nSPS) is 16.3. The molecule has 1 aromatic carbocycles. The second-order valence-electron chi connectivity index (χ2n) is 6.82. The molecule has 0 radical (unpaired) electrons. The molecule has 1 fully saturated rings. The predicted octanol–water partition coefficient (Wildman–Crippen LogP) is 3.91. The number of alkyl halides is 3. The lowest BCUT2D eigenvalue weighted by Crippen LogP contribution is -2.42. The molecule has 0 atom stereocenters. The Morgan fingerprint density at radius 3 is 2.59 bits per heavy atom. The maximum absolute atomic E-state index is 12.6. The van der Waals surface area contributed by atoms with Crippen LogP contribution in [-0.2, 0) is 18.0 Å². The molecule has 27 heavy (non-hydrogen) atoms. The number of nitrogens with zero attached hydrogens (tertiary/aromatic N) is 2. The van der Waals surface area contributed by atoms with Gasteiger partial charge in [0.1, 0.15) is 0 Å². The smallest absolute Gasteiger partial charge is 0.356 e. The van der Waals surface area contributed by atoms with E-state index in [1.807, 2.05) is 6.07 Å². The van der Waals surface area contributed by atoms with Crippen molar-refractivity contribution >= 4 is 17.3 Å². The minimum atomic E-state index is -4.38. The third-order valence-corrected chi connectivity index (χ3v) is 5.77. The molecule has 2 N–H and O–H groups in total. The van der Waals surface area contributed by atoms with Crippen LogP contribution in [0.4, 0.5) is 13.2 Å². The number of halogens is 3. The van der Waals surface area contributed by atoms with E-state index in [0.29, 0.717) is 23.9 Å². The summed E-state index contributed by atoms with van der Waals surface area (Å²) in [7, 11) is 1.69. The van der Waals surface area contributed by atoms with Crippen LogP contribution in [0.1, 0.15) is 34.7 Å². The van der Waals surface area contributed by atoms with Gasteiger partial charge in [0.2, 0.25) is 0 Å². The van der Waals surface area contributed by atoms with Crippen molar-refractivity contribution in [2.75, 3.05) is 20.1 Å². The van der Waals surface area contributed by atoms with Crippen molar-refractivity contribution < 1.29 is 13.2 Å². The standard InChI is InChI=1S/C19H23F3N4S/c1-13-5-3-4-6-14(13)18(8-9-18)12-25-17(23-2)24-10-7-16-26-15(11-27-16)19(20,21)22/h3-6,11H,7-10,12H2,1-2H3,(H2,23,24,25). The first-order valence-corrected chi connectivity index (χ1v) is 9.74. The Morgan fingerprint density at radius 2 is 2.00 bits per heavy atom. The van der Waals surface area contributed by atoms with E-state index in [-0.39, 0.29) is 5.41 Å². The number of aliphatic imine (C=N–C) groups is 1. The first-order valence-electron chi connectivity index (χ1n) is 8.86. The molecule has 1 aliphatic rings. The van der Waals surface area contributed by atoms with Gasteiger partial charge >= 0.3 is 6.18 Å². The van der Waals surface area contributed by atoms with E-state index in [0.717, 1.165) is 36.1 Å². The third-order valence-electron chi connectivity index (χ3n) is 4.86. The molecule has 3 rings (SSSR count). The number of aryl methyl sites for hydroxylation is 1. The summed E-state index contributed by atoms with van der Waals surface area (Å²) < 4.78 is 37.8. The summed E-state index contributed by atoms with van der Waals surface area (Å²) in [5.41, 5.74) is 2.00. The fraction of sp³-hybridized carbons (Fsp3) is 0.474. The minimum Gasteiger partial charge on any atom is -0.356 e. The quantitative estimate of drug-likeness (QED) is 0.575. The fourth-order valence-corrected chi connectivity index (χ4v) is 3.98. The highest BCUT2D eigenvalue weighted by Crippen LogP contribution is 2.48. The average molecular weight is 396 g/mol. The van der Waals surface area contributed by atoms with Crippen molar-refractivity contribution in [2.45, 2.75) is 37.8 Å². The second kappa shape index (κ2) is 7.88. The van der Waals surface area contributed by atoms with Crippen LogP contribution in [0.15, 0.2) is 34.6 Å². The number of hydrogen-bond donors (Lipinski definition) is 2. The molecule has 0 unspecified atom stereocenters. The zero-order chi connectivity index (χ0) is 19.5. The molecule has 1 aromatic heterocycles. The predicted molar refractivity (Wildman–Crippen MR) is 102 cm³/mol. The summed E-state index contributed by atoms with van der Waals surface area (Å²) in [6.45, 7) is 3.39. The van der Waals surface area contributed by atoms with Gasteiger partial charge in [0.15, 0.2) is 11.7 Å². The third kappa shape index (κ3) is 4.80. The van der Waals surface area contributed by atoms with Gasteiger partial charge in [-0.05, 0) is 30.9 Å². The maximum atomic E-state index is 12.6. The Bertz CT molecular complexity index is 809. The van der Waals surface area contributed by atoms with Crippen LogP contribution in [0.2, 0.25) is 0 Å². The van der Waals surface area contributed by atoms with Crippen molar-refractivity contribution in [3.05, 3.63) is 51.5 Å². The number of guanidine groups is 1. The van der Waals surface area contributed by atoms with Crippen LogP contribution < -0.4 is 10.6 Å².